The van der Waals surface area contributed by atoms with Crippen molar-refractivity contribution in [1.29, 1.82) is 0 Å². The molecule has 0 radical (unpaired) electrons. The second kappa shape index (κ2) is 24.5. The lowest BCUT2D eigenvalue weighted by Gasteiger charge is -2.23. The molecule has 1 amide bonds. The molecule has 0 N–H and O–H groups in total. The van der Waals surface area contributed by atoms with Gasteiger partial charge in [-0.1, -0.05) is 123 Å². The zero-order chi connectivity index (χ0) is 31.9. The van der Waals surface area contributed by atoms with Gasteiger partial charge in [0.25, 0.3) is 0 Å². The Morgan fingerprint density at radius 2 is 1.83 bits per heavy atom. The molecule has 2 heterocycles. The number of carbonyl (C=O) groups is 1. The van der Waals surface area contributed by atoms with E-state index in [-0.39, 0.29) is 5.91 Å². The number of thioether (sulfide) groups is 1. The van der Waals surface area contributed by atoms with Crippen molar-refractivity contribution >= 4 is 28.9 Å². The first-order valence-corrected chi connectivity index (χ1v) is 17.6. The van der Waals surface area contributed by atoms with Crippen LogP contribution in [0.25, 0.3) is 6.08 Å². The molecule has 5 nitrogen and oxygen atoms in total. The van der Waals surface area contributed by atoms with Gasteiger partial charge in [-0.25, -0.2) is 0 Å². The van der Waals surface area contributed by atoms with E-state index in [0.29, 0.717) is 12.5 Å². The third-order valence-electron chi connectivity index (χ3n) is 7.13. The highest BCUT2D eigenvalue weighted by Crippen LogP contribution is 2.28. The second-order valence-corrected chi connectivity index (χ2v) is 12.9. The van der Waals surface area contributed by atoms with Crippen molar-refractivity contribution in [3.05, 3.63) is 39.8 Å². The molecular formula is C36H65N3O2S. The Labute approximate surface area is 264 Å². The van der Waals surface area contributed by atoms with Gasteiger partial charge in [0.1, 0.15) is 6.61 Å². The van der Waals surface area contributed by atoms with E-state index in [2.05, 4.69) is 89.8 Å². The molecule has 1 aromatic carbocycles. The van der Waals surface area contributed by atoms with Crippen LogP contribution in [0.1, 0.15) is 130 Å². The number of rotatable bonds is 10. The molecule has 1 saturated heterocycles. The van der Waals surface area contributed by atoms with Gasteiger partial charge in [-0.3, -0.25) is 4.79 Å². The van der Waals surface area contributed by atoms with Gasteiger partial charge in [-0.05, 0) is 67.0 Å². The Balaban J connectivity index is 0.000000724. The fraction of sp³-hybridized carbons (Fsp3) is 0.722. The van der Waals surface area contributed by atoms with Gasteiger partial charge in [0.15, 0.2) is 0 Å². The summed E-state index contributed by atoms with van der Waals surface area (Å²) in [5.41, 5.74) is 4.05. The Morgan fingerprint density at radius 1 is 1.14 bits per heavy atom. The number of hydrogen-bond donors (Lipinski definition) is 0. The number of carbonyl (C=O) groups excluding carboxylic acids is 1. The van der Waals surface area contributed by atoms with E-state index in [1.165, 1.54) is 66.5 Å². The third kappa shape index (κ3) is 17.9. The zero-order valence-electron chi connectivity index (χ0n) is 29.2. The fourth-order valence-electron chi connectivity index (χ4n) is 4.58. The molecule has 2 aliphatic rings. The highest BCUT2D eigenvalue weighted by Gasteiger charge is 2.20. The quantitative estimate of drug-likeness (QED) is 0.250. The standard InChI is InChI=1S/C19H28N2OS.C8H18.C7H13NO.C2H6/c1-5-7-11-21(4)19-20-22-14-18(23-19)13-17-10-9-15(3)12-16(17)8-6-2;1-4-5-6-7-8(2)3;1-6-3-4-8(5-6)7(2)9;1-2/h9-10,12-13H,5-8,11,14H2,1-4H3;8H,4-7H2,1-3H3;6H,3-5H2,1-2H3;1-2H3/b18-13-;;;. The molecule has 0 aliphatic carbocycles. The lowest BCUT2D eigenvalue weighted by molar-refractivity contribution is -0.127. The van der Waals surface area contributed by atoms with Gasteiger partial charge < -0.3 is 14.6 Å². The van der Waals surface area contributed by atoms with E-state index in [9.17, 15) is 4.79 Å². The van der Waals surface area contributed by atoms with Crippen LogP contribution < -0.4 is 0 Å². The van der Waals surface area contributed by atoms with Crippen LogP contribution in [0, 0.1) is 18.8 Å². The second-order valence-electron chi connectivity index (χ2n) is 11.8. The number of benzene rings is 1. The number of oxime groups is 1. The molecule has 0 saturated carbocycles. The van der Waals surface area contributed by atoms with Gasteiger partial charge in [0, 0.05) is 38.5 Å². The van der Waals surface area contributed by atoms with E-state index in [0.717, 1.165) is 43.6 Å². The van der Waals surface area contributed by atoms with Crippen molar-refractivity contribution in [3.8, 4) is 0 Å². The van der Waals surface area contributed by atoms with Crippen LogP contribution in [0.3, 0.4) is 0 Å². The predicted molar refractivity (Wildman–Crippen MR) is 188 cm³/mol. The predicted octanol–water partition coefficient (Wildman–Crippen LogP) is 10.2. The summed E-state index contributed by atoms with van der Waals surface area (Å²) in [6.07, 6.45) is 13.7. The van der Waals surface area contributed by atoms with Crippen molar-refractivity contribution in [2.75, 3.05) is 33.3 Å². The minimum Gasteiger partial charge on any atom is -0.388 e. The maximum absolute atomic E-state index is 10.7. The van der Waals surface area contributed by atoms with Gasteiger partial charge >= 0.3 is 0 Å². The van der Waals surface area contributed by atoms with Crippen molar-refractivity contribution < 1.29 is 9.63 Å². The maximum atomic E-state index is 10.7. The number of aryl methyl sites for hydroxylation is 2. The topological polar surface area (TPSA) is 45.1 Å². The number of unbranched alkanes of at least 4 members (excludes halogenated alkanes) is 3. The van der Waals surface area contributed by atoms with E-state index in [1.807, 2.05) is 18.7 Å². The molecule has 0 aromatic heterocycles. The molecule has 1 aromatic rings. The van der Waals surface area contributed by atoms with Crippen LogP contribution >= 0.6 is 11.8 Å². The van der Waals surface area contributed by atoms with E-state index >= 15 is 0 Å². The average molecular weight is 604 g/mol. The summed E-state index contributed by atoms with van der Waals surface area (Å²) < 4.78 is 0. The Kier molecular flexibility index (Phi) is 23.4. The van der Waals surface area contributed by atoms with Crippen LogP contribution in [0.2, 0.25) is 0 Å². The zero-order valence-corrected chi connectivity index (χ0v) is 30.0. The van der Waals surface area contributed by atoms with Gasteiger partial charge in [-0.2, -0.15) is 0 Å². The molecular weight excluding hydrogens is 538 g/mol. The summed E-state index contributed by atoms with van der Waals surface area (Å²) >= 11 is 1.73. The summed E-state index contributed by atoms with van der Waals surface area (Å²) in [6.45, 7) is 24.8. The number of amidine groups is 1. The first-order chi connectivity index (χ1) is 20.1. The van der Waals surface area contributed by atoms with Crippen LogP contribution in [0.4, 0.5) is 0 Å². The summed E-state index contributed by atoms with van der Waals surface area (Å²) in [7, 11) is 2.09. The van der Waals surface area contributed by atoms with Crippen molar-refractivity contribution in [2.45, 2.75) is 127 Å². The van der Waals surface area contributed by atoms with Crippen LogP contribution in [-0.4, -0.2) is 54.2 Å². The minimum atomic E-state index is 0.222. The SMILES string of the molecule is CC.CC(=O)N1CCC(C)C1.CCCCCC(C)C.CCCCN(C)C1=NOC/C(=C/c2ccc(C)cc2CCC)S1. The first kappa shape index (κ1) is 40.1. The Morgan fingerprint density at radius 3 is 2.36 bits per heavy atom. The molecule has 2 aliphatic heterocycles. The molecule has 1 atom stereocenters. The van der Waals surface area contributed by atoms with Gasteiger partial charge in [0.2, 0.25) is 11.1 Å². The summed E-state index contributed by atoms with van der Waals surface area (Å²) in [5, 5.41) is 5.17. The number of likely N-dealkylation sites (tertiary alicyclic amines) is 1. The molecule has 42 heavy (non-hydrogen) atoms. The Hall–Kier alpha value is -1.95. The minimum absolute atomic E-state index is 0.222. The van der Waals surface area contributed by atoms with E-state index in [4.69, 9.17) is 4.84 Å². The van der Waals surface area contributed by atoms with Gasteiger partial charge in [0.05, 0.1) is 0 Å². The molecule has 3 rings (SSSR count). The molecule has 6 heteroatoms. The summed E-state index contributed by atoms with van der Waals surface area (Å²) in [5.74, 6) is 1.84. The maximum Gasteiger partial charge on any atom is 0.219 e. The first-order valence-electron chi connectivity index (χ1n) is 16.8. The fourth-order valence-corrected chi connectivity index (χ4v) is 5.45. The highest BCUT2D eigenvalue weighted by atomic mass is 32.2. The number of hydrogen-bond acceptors (Lipinski definition) is 5. The average Bonchev–Trinajstić information content (AvgIpc) is 3.42. The normalized spacial score (nSPS) is 16.8. The molecule has 0 spiro atoms. The van der Waals surface area contributed by atoms with Crippen molar-refractivity contribution in [3.63, 3.8) is 0 Å². The largest absolute Gasteiger partial charge is 0.388 e. The summed E-state index contributed by atoms with van der Waals surface area (Å²) in [4.78, 5) is 21.5. The van der Waals surface area contributed by atoms with Crippen LogP contribution in [-0.2, 0) is 16.1 Å². The van der Waals surface area contributed by atoms with Gasteiger partial charge in [-0.15, -0.1) is 0 Å². The van der Waals surface area contributed by atoms with E-state index < -0.39 is 0 Å². The molecule has 0 bridgehead atoms. The molecule has 1 unspecified atom stereocenters. The lowest BCUT2D eigenvalue weighted by atomic mass is 10.0. The summed E-state index contributed by atoms with van der Waals surface area (Å²) in [6, 6.07) is 6.70. The van der Waals surface area contributed by atoms with Crippen LogP contribution in [0.5, 0.6) is 0 Å². The van der Waals surface area contributed by atoms with Crippen LogP contribution in [0.15, 0.2) is 28.3 Å². The van der Waals surface area contributed by atoms with E-state index in [1.54, 1.807) is 18.7 Å². The number of nitrogens with zero attached hydrogens (tertiary/aromatic N) is 3. The smallest absolute Gasteiger partial charge is 0.219 e. The lowest BCUT2D eigenvalue weighted by Crippen LogP contribution is -2.27. The third-order valence-corrected chi connectivity index (χ3v) is 8.20. The molecule has 1 fully saturated rings. The number of amides is 1. The van der Waals surface area contributed by atoms with Crippen molar-refractivity contribution in [2.24, 2.45) is 17.0 Å². The van der Waals surface area contributed by atoms with Crippen molar-refractivity contribution in [1.82, 2.24) is 9.80 Å². The molecule has 242 valence electrons. The Bertz CT molecular complexity index is 913. The monoisotopic (exact) mass is 603 g/mol. The highest BCUT2D eigenvalue weighted by molar-refractivity contribution is 8.17.